The molecule has 0 fully saturated rings. The highest BCUT2D eigenvalue weighted by molar-refractivity contribution is 7.99. The number of esters is 1. The third-order valence-corrected chi connectivity index (χ3v) is 9.09. The van der Waals surface area contributed by atoms with Crippen LogP contribution in [0.25, 0.3) is 0 Å². The number of benzene rings is 2. The fourth-order valence-corrected chi connectivity index (χ4v) is 6.45. The van der Waals surface area contributed by atoms with Gasteiger partial charge in [-0.15, -0.1) is 11.8 Å². The van der Waals surface area contributed by atoms with Gasteiger partial charge in [-0.3, -0.25) is 14.4 Å². The summed E-state index contributed by atoms with van der Waals surface area (Å²) in [5.74, 6) is -3.66. The molecule has 0 spiro atoms. The molecular formula is C33H39N7O8S. The zero-order valence-corrected chi connectivity index (χ0v) is 27.6. The maximum Gasteiger partial charge on any atom is 0.328 e. The predicted molar refractivity (Wildman–Crippen MR) is 182 cm³/mol. The van der Waals surface area contributed by atoms with Crippen LogP contribution < -0.4 is 27.4 Å². The summed E-state index contributed by atoms with van der Waals surface area (Å²) in [6, 6.07) is 12.9. The van der Waals surface area contributed by atoms with Crippen LogP contribution in [0.5, 0.6) is 0 Å². The van der Waals surface area contributed by atoms with E-state index < -0.39 is 47.7 Å². The average Bonchev–Trinajstić information content (AvgIpc) is 3.48. The average molecular weight is 694 g/mol. The molecule has 9 N–H and O–H groups in total. The number of carbonyl (C=O) groups is 5. The number of fused-ring (bicyclic) bond motifs is 1. The first kappa shape index (κ1) is 36.5. The summed E-state index contributed by atoms with van der Waals surface area (Å²) in [7, 11) is 1.14. The van der Waals surface area contributed by atoms with Crippen molar-refractivity contribution in [1.82, 2.24) is 20.6 Å². The van der Waals surface area contributed by atoms with Crippen molar-refractivity contribution in [2.75, 3.05) is 36.2 Å². The number of nitrogens with zero attached hydrogens (tertiary/aromatic N) is 2. The highest BCUT2D eigenvalue weighted by Crippen LogP contribution is 2.37. The molecule has 2 amide bonds. The van der Waals surface area contributed by atoms with Crippen molar-refractivity contribution >= 4 is 59.1 Å². The first-order chi connectivity index (χ1) is 23.4. The lowest BCUT2D eigenvalue weighted by atomic mass is 9.92. The second kappa shape index (κ2) is 17.1. The lowest BCUT2D eigenvalue weighted by Crippen LogP contribution is -2.45. The summed E-state index contributed by atoms with van der Waals surface area (Å²) in [4.78, 5) is 71.1. The Morgan fingerprint density at radius 3 is 2.35 bits per heavy atom. The maximum atomic E-state index is 13.0. The number of carbonyl (C=O) groups excluding carboxylic acids is 3. The molecule has 1 aliphatic heterocycles. The number of aromatic nitrogens is 2. The normalized spacial score (nSPS) is 15.2. The van der Waals surface area contributed by atoms with Gasteiger partial charge in [0.1, 0.15) is 23.7 Å². The lowest BCUT2D eigenvalue weighted by molar-refractivity contribution is -0.146. The standard InChI is InChI=1S/C33H39N7O8S/c1-48-32(47)23(11-12-25(41)37-24(31(45)46)16-21(30(43)44)15-18-5-3-2-4-6-18)38-29(42)19-7-9-22(10-8-19)49-14-13-20-17-36-28-26(20)27(34)39-33(35)40-28/h2-10,20-21,23-24H,11-17H2,1H3,(H,37,41)(H,38,42)(H,43,44)(H,45,46)(H5,34,35,36,39,40)/t20?,21?,23-,24-/m0/s1. The molecule has 3 aromatic rings. The fourth-order valence-electron chi connectivity index (χ4n) is 5.48. The molecule has 260 valence electrons. The zero-order valence-electron chi connectivity index (χ0n) is 26.8. The van der Waals surface area contributed by atoms with Crippen molar-refractivity contribution in [3.05, 3.63) is 71.3 Å². The van der Waals surface area contributed by atoms with Gasteiger partial charge in [-0.1, -0.05) is 30.3 Å². The first-order valence-corrected chi connectivity index (χ1v) is 16.5. The molecule has 16 heteroatoms. The van der Waals surface area contributed by atoms with Crippen LogP contribution in [0.1, 0.15) is 53.1 Å². The molecule has 2 unspecified atom stereocenters. The number of nitrogen functional groups attached to an aromatic ring is 2. The van der Waals surface area contributed by atoms with Gasteiger partial charge in [-0.05, 0) is 61.3 Å². The molecule has 0 saturated heterocycles. The monoisotopic (exact) mass is 693 g/mol. The number of hydrogen-bond acceptors (Lipinski definition) is 12. The van der Waals surface area contributed by atoms with Crippen LogP contribution in [0, 0.1) is 5.92 Å². The summed E-state index contributed by atoms with van der Waals surface area (Å²) in [5, 5.41) is 27.5. The van der Waals surface area contributed by atoms with Crippen LogP contribution in [-0.2, 0) is 30.3 Å². The molecule has 1 aromatic heterocycles. The predicted octanol–water partition coefficient (Wildman–Crippen LogP) is 2.29. The summed E-state index contributed by atoms with van der Waals surface area (Å²) in [6.07, 6.45) is 0.0302. The summed E-state index contributed by atoms with van der Waals surface area (Å²) in [5.41, 5.74) is 13.6. The van der Waals surface area contributed by atoms with Crippen LogP contribution in [0.3, 0.4) is 0 Å². The van der Waals surface area contributed by atoms with Crippen molar-refractivity contribution < 1.29 is 38.9 Å². The van der Waals surface area contributed by atoms with E-state index in [-0.39, 0.29) is 43.1 Å². The molecule has 2 heterocycles. The van der Waals surface area contributed by atoms with Crippen LogP contribution >= 0.6 is 11.8 Å². The van der Waals surface area contributed by atoms with Crippen molar-refractivity contribution in [1.29, 1.82) is 0 Å². The Morgan fingerprint density at radius 1 is 0.980 bits per heavy atom. The Hall–Kier alpha value is -5.38. The molecule has 2 aromatic carbocycles. The van der Waals surface area contributed by atoms with Gasteiger partial charge in [0, 0.05) is 34.9 Å². The van der Waals surface area contributed by atoms with Gasteiger partial charge in [0.15, 0.2) is 0 Å². The second-order valence-corrected chi connectivity index (χ2v) is 12.6. The molecule has 4 rings (SSSR count). The highest BCUT2D eigenvalue weighted by Gasteiger charge is 2.30. The fraction of sp³-hybridized carbons (Fsp3) is 0.364. The molecule has 49 heavy (non-hydrogen) atoms. The molecule has 15 nitrogen and oxygen atoms in total. The molecule has 0 radical (unpaired) electrons. The van der Waals surface area contributed by atoms with Gasteiger partial charge in [0.2, 0.25) is 11.9 Å². The zero-order chi connectivity index (χ0) is 35.5. The van der Waals surface area contributed by atoms with E-state index >= 15 is 0 Å². The SMILES string of the molecule is COC(=O)[C@H](CCC(=O)N[C@@H](CC(Cc1ccccc1)C(=O)O)C(=O)O)NC(=O)c1ccc(SCCC2CNc3nc(N)nc(N)c32)cc1. The molecule has 4 atom stereocenters. The van der Waals surface area contributed by atoms with Gasteiger partial charge in [-0.25, -0.2) is 9.59 Å². The third-order valence-electron chi connectivity index (χ3n) is 8.05. The third kappa shape index (κ3) is 10.3. The van der Waals surface area contributed by atoms with E-state index in [9.17, 15) is 34.2 Å². The van der Waals surface area contributed by atoms with Crippen molar-refractivity contribution in [3.63, 3.8) is 0 Å². The van der Waals surface area contributed by atoms with E-state index in [1.807, 2.05) is 0 Å². The number of methoxy groups -OCH3 is 1. The Kier molecular flexibility index (Phi) is 12.8. The number of amides is 2. The van der Waals surface area contributed by atoms with Crippen LogP contribution in [-0.4, -0.2) is 81.4 Å². The number of anilines is 3. The number of thioether (sulfide) groups is 1. The summed E-state index contributed by atoms with van der Waals surface area (Å²) < 4.78 is 4.80. The van der Waals surface area contributed by atoms with E-state index in [4.69, 9.17) is 16.2 Å². The van der Waals surface area contributed by atoms with Gasteiger partial charge in [-0.2, -0.15) is 9.97 Å². The number of carboxylic acid groups (broad SMARTS) is 2. The lowest BCUT2D eigenvalue weighted by Gasteiger charge is -2.20. The number of ether oxygens (including phenoxy) is 1. The van der Waals surface area contributed by atoms with E-state index in [0.717, 1.165) is 29.7 Å². The van der Waals surface area contributed by atoms with Crippen molar-refractivity contribution in [2.45, 2.75) is 55.0 Å². The second-order valence-electron chi connectivity index (χ2n) is 11.5. The van der Waals surface area contributed by atoms with E-state index in [1.54, 1.807) is 66.4 Å². The minimum absolute atomic E-state index is 0.0841. The van der Waals surface area contributed by atoms with Crippen LogP contribution in [0.2, 0.25) is 0 Å². The van der Waals surface area contributed by atoms with Gasteiger partial charge in [0.25, 0.3) is 5.91 Å². The topological polar surface area (TPSA) is 249 Å². The molecule has 0 aliphatic carbocycles. The molecular weight excluding hydrogens is 654 g/mol. The Morgan fingerprint density at radius 2 is 1.69 bits per heavy atom. The molecule has 1 aliphatic rings. The van der Waals surface area contributed by atoms with Crippen LogP contribution in [0.15, 0.2) is 59.5 Å². The van der Waals surface area contributed by atoms with E-state index in [1.165, 1.54) is 0 Å². The minimum Gasteiger partial charge on any atom is -0.481 e. The summed E-state index contributed by atoms with van der Waals surface area (Å²) in [6.45, 7) is 0.681. The number of hydrogen-bond donors (Lipinski definition) is 7. The number of aliphatic carboxylic acids is 2. The van der Waals surface area contributed by atoms with Gasteiger partial charge in [0.05, 0.1) is 13.0 Å². The van der Waals surface area contributed by atoms with Crippen molar-refractivity contribution in [2.24, 2.45) is 5.92 Å². The Labute approximate surface area is 286 Å². The Balaban J connectivity index is 1.27. The quantitative estimate of drug-likeness (QED) is 0.0792. The van der Waals surface area contributed by atoms with Gasteiger partial charge < -0.3 is 42.4 Å². The maximum absolute atomic E-state index is 13.0. The van der Waals surface area contributed by atoms with Crippen LogP contribution in [0.4, 0.5) is 17.6 Å². The first-order valence-electron chi connectivity index (χ1n) is 15.5. The molecule has 0 saturated carbocycles. The smallest absolute Gasteiger partial charge is 0.328 e. The summed E-state index contributed by atoms with van der Waals surface area (Å²) >= 11 is 1.60. The van der Waals surface area contributed by atoms with Crippen molar-refractivity contribution in [3.8, 4) is 0 Å². The van der Waals surface area contributed by atoms with Gasteiger partial charge >= 0.3 is 17.9 Å². The number of rotatable bonds is 17. The minimum atomic E-state index is -1.47. The van der Waals surface area contributed by atoms with E-state index in [0.29, 0.717) is 23.7 Å². The number of carboxylic acids is 2. The van der Waals surface area contributed by atoms with E-state index in [2.05, 4.69) is 25.9 Å². The Bertz CT molecular complexity index is 1660. The number of nitrogens with one attached hydrogen (secondary N) is 3. The number of nitrogens with two attached hydrogens (primary N) is 2. The largest absolute Gasteiger partial charge is 0.481 e. The highest BCUT2D eigenvalue weighted by atomic mass is 32.2. The molecule has 0 bridgehead atoms.